The maximum absolute atomic E-state index is 11.5. The van der Waals surface area contributed by atoms with Crippen LogP contribution in [0.3, 0.4) is 0 Å². The standard InChI is InChI=1S/C10H14BrN3O/c1-12-6-3-5-9(15)14-8-4-2-7-13-10(8)11/h2,4,7,12H,3,5-6H2,1H3,(H,14,15). The topological polar surface area (TPSA) is 54.0 Å². The van der Waals surface area contributed by atoms with E-state index in [9.17, 15) is 4.79 Å². The number of amides is 1. The molecule has 1 aromatic rings. The summed E-state index contributed by atoms with van der Waals surface area (Å²) in [5.41, 5.74) is 0.715. The van der Waals surface area contributed by atoms with Gasteiger partial charge in [0.15, 0.2) is 0 Å². The molecule has 0 saturated carbocycles. The average Bonchev–Trinajstić information content (AvgIpc) is 2.22. The highest BCUT2D eigenvalue weighted by molar-refractivity contribution is 9.10. The van der Waals surface area contributed by atoms with Crippen molar-refractivity contribution >= 4 is 27.5 Å². The van der Waals surface area contributed by atoms with Gasteiger partial charge in [0.25, 0.3) is 0 Å². The summed E-state index contributed by atoms with van der Waals surface area (Å²) in [5.74, 6) is 0.0129. The second-order valence-corrected chi connectivity index (χ2v) is 3.85. The highest BCUT2D eigenvalue weighted by Gasteiger charge is 2.04. The van der Waals surface area contributed by atoms with Crippen LogP contribution >= 0.6 is 15.9 Å². The summed E-state index contributed by atoms with van der Waals surface area (Å²) < 4.78 is 0.659. The summed E-state index contributed by atoms with van der Waals surface area (Å²) in [6, 6.07) is 3.60. The Kier molecular flexibility index (Phi) is 5.28. The van der Waals surface area contributed by atoms with E-state index in [1.807, 2.05) is 13.1 Å². The van der Waals surface area contributed by atoms with E-state index in [4.69, 9.17) is 0 Å². The van der Waals surface area contributed by atoms with Crippen molar-refractivity contribution in [3.63, 3.8) is 0 Å². The zero-order valence-electron chi connectivity index (χ0n) is 8.59. The van der Waals surface area contributed by atoms with Gasteiger partial charge < -0.3 is 10.6 Å². The van der Waals surface area contributed by atoms with Crippen LogP contribution in [0.5, 0.6) is 0 Å². The number of nitrogens with zero attached hydrogens (tertiary/aromatic N) is 1. The summed E-state index contributed by atoms with van der Waals surface area (Å²) in [5, 5.41) is 5.79. The first-order chi connectivity index (χ1) is 7.24. The summed E-state index contributed by atoms with van der Waals surface area (Å²) in [6.45, 7) is 0.849. The fourth-order valence-corrected chi connectivity index (χ4v) is 1.47. The Morgan fingerprint density at radius 1 is 1.60 bits per heavy atom. The van der Waals surface area contributed by atoms with E-state index in [1.54, 1.807) is 12.3 Å². The van der Waals surface area contributed by atoms with Crippen LogP contribution in [0.15, 0.2) is 22.9 Å². The monoisotopic (exact) mass is 271 g/mol. The number of rotatable bonds is 5. The van der Waals surface area contributed by atoms with E-state index < -0.39 is 0 Å². The molecule has 82 valence electrons. The molecular formula is C10H14BrN3O. The minimum Gasteiger partial charge on any atom is -0.324 e. The molecule has 0 unspecified atom stereocenters. The molecular weight excluding hydrogens is 258 g/mol. The first kappa shape index (κ1) is 12.1. The lowest BCUT2D eigenvalue weighted by atomic mass is 10.3. The molecule has 0 bridgehead atoms. The fourth-order valence-electron chi connectivity index (χ4n) is 1.12. The first-order valence-electron chi connectivity index (χ1n) is 4.79. The summed E-state index contributed by atoms with van der Waals surface area (Å²) in [7, 11) is 1.87. The molecule has 1 rings (SSSR count). The smallest absolute Gasteiger partial charge is 0.224 e. The molecule has 0 aliphatic rings. The van der Waals surface area contributed by atoms with E-state index >= 15 is 0 Å². The Labute approximate surface area is 97.6 Å². The molecule has 1 amide bonds. The third kappa shape index (κ3) is 4.40. The summed E-state index contributed by atoms with van der Waals surface area (Å²) in [4.78, 5) is 15.5. The number of hydrogen-bond donors (Lipinski definition) is 2. The lowest BCUT2D eigenvalue weighted by Crippen LogP contribution is -2.15. The number of pyridine rings is 1. The summed E-state index contributed by atoms with van der Waals surface area (Å²) in [6.07, 6.45) is 3.02. The molecule has 0 aromatic carbocycles. The second-order valence-electron chi connectivity index (χ2n) is 3.10. The van der Waals surface area contributed by atoms with Crippen molar-refractivity contribution in [1.82, 2.24) is 10.3 Å². The minimum absolute atomic E-state index is 0.0129. The lowest BCUT2D eigenvalue weighted by molar-refractivity contribution is -0.116. The average molecular weight is 272 g/mol. The Morgan fingerprint density at radius 2 is 2.40 bits per heavy atom. The van der Waals surface area contributed by atoms with Gasteiger partial charge in [-0.3, -0.25) is 4.79 Å². The SMILES string of the molecule is CNCCCC(=O)Nc1cccnc1Br. The van der Waals surface area contributed by atoms with E-state index in [2.05, 4.69) is 31.5 Å². The highest BCUT2D eigenvalue weighted by Crippen LogP contribution is 2.18. The maximum Gasteiger partial charge on any atom is 0.224 e. The van der Waals surface area contributed by atoms with E-state index in [0.29, 0.717) is 16.7 Å². The molecule has 2 N–H and O–H groups in total. The number of nitrogens with one attached hydrogen (secondary N) is 2. The van der Waals surface area contributed by atoms with Gasteiger partial charge in [0.05, 0.1) is 5.69 Å². The molecule has 0 fully saturated rings. The molecule has 0 radical (unpaired) electrons. The van der Waals surface area contributed by atoms with Crippen LogP contribution in [0.25, 0.3) is 0 Å². The van der Waals surface area contributed by atoms with Crippen molar-refractivity contribution in [3.05, 3.63) is 22.9 Å². The molecule has 0 aliphatic heterocycles. The van der Waals surface area contributed by atoms with Gasteiger partial charge in [-0.1, -0.05) is 0 Å². The van der Waals surface area contributed by atoms with Gasteiger partial charge in [0.2, 0.25) is 5.91 Å². The Morgan fingerprint density at radius 3 is 3.07 bits per heavy atom. The molecule has 5 heteroatoms. The maximum atomic E-state index is 11.5. The molecule has 0 saturated heterocycles. The summed E-state index contributed by atoms with van der Waals surface area (Å²) >= 11 is 3.27. The molecule has 4 nitrogen and oxygen atoms in total. The van der Waals surface area contributed by atoms with Gasteiger partial charge in [0, 0.05) is 12.6 Å². The van der Waals surface area contributed by atoms with Crippen molar-refractivity contribution in [3.8, 4) is 0 Å². The van der Waals surface area contributed by atoms with Crippen molar-refractivity contribution in [2.24, 2.45) is 0 Å². The number of hydrogen-bond acceptors (Lipinski definition) is 3. The minimum atomic E-state index is 0.0129. The van der Waals surface area contributed by atoms with Crippen LogP contribution in [0, 0.1) is 0 Å². The van der Waals surface area contributed by atoms with Crippen LogP contribution in [0.1, 0.15) is 12.8 Å². The van der Waals surface area contributed by atoms with Gasteiger partial charge >= 0.3 is 0 Å². The van der Waals surface area contributed by atoms with E-state index in [0.717, 1.165) is 13.0 Å². The number of carbonyl (C=O) groups is 1. The zero-order valence-corrected chi connectivity index (χ0v) is 10.2. The van der Waals surface area contributed by atoms with Crippen LogP contribution in [0.4, 0.5) is 5.69 Å². The van der Waals surface area contributed by atoms with Crippen LogP contribution < -0.4 is 10.6 Å². The Balaban J connectivity index is 2.41. The molecule has 15 heavy (non-hydrogen) atoms. The number of aromatic nitrogens is 1. The highest BCUT2D eigenvalue weighted by atomic mass is 79.9. The van der Waals surface area contributed by atoms with Crippen LogP contribution in [-0.4, -0.2) is 24.5 Å². The molecule has 0 aliphatic carbocycles. The van der Waals surface area contributed by atoms with Crippen molar-refractivity contribution in [2.45, 2.75) is 12.8 Å². The number of anilines is 1. The largest absolute Gasteiger partial charge is 0.324 e. The zero-order chi connectivity index (χ0) is 11.1. The van der Waals surface area contributed by atoms with Crippen molar-refractivity contribution in [1.29, 1.82) is 0 Å². The fraction of sp³-hybridized carbons (Fsp3) is 0.400. The van der Waals surface area contributed by atoms with Crippen molar-refractivity contribution < 1.29 is 4.79 Å². The molecule has 0 atom stereocenters. The number of carbonyl (C=O) groups excluding carboxylic acids is 1. The van der Waals surface area contributed by atoms with Gasteiger partial charge in [-0.05, 0) is 48.1 Å². The third-order valence-electron chi connectivity index (χ3n) is 1.86. The predicted molar refractivity (Wildman–Crippen MR) is 63.7 cm³/mol. The molecule has 1 aromatic heterocycles. The number of halogens is 1. The Bertz CT molecular complexity index is 330. The molecule has 1 heterocycles. The quantitative estimate of drug-likeness (QED) is 0.634. The van der Waals surface area contributed by atoms with Crippen molar-refractivity contribution in [2.75, 3.05) is 18.9 Å². The Hall–Kier alpha value is -0.940. The van der Waals surface area contributed by atoms with Crippen LogP contribution in [0.2, 0.25) is 0 Å². The molecule has 0 spiro atoms. The van der Waals surface area contributed by atoms with Gasteiger partial charge in [-0.2, -0.15) is 0 Å². The third-order valence-corrected chi connectivity index (χ3v) is 2.50. The predicted octanol–water partition coefficient (Wildman–Crippen LogP) is 1.78. The first-order valence-corrected chi connectivity index (χ1v) is 5.58. The van der Waals surface area contributed by atoms with Crippen LogP contribution in [-0.2, 0) is 4.79 Å². The van der Waals surface area contributed by atoms with Gasteiger partial charge in [-0.15, -0.1) is 0 Å². The second kappa shape index (κ2) is 6.53. The van der Waals surface area contributed by atoms with E-state index in [-0.39, 0.29) is 5.91 Å². The lowest BCUT2D eigenvalue weighted by Gasteiger charge is -2.05. The normalized spacial score (nSPS) is 10.0. The van der Waals surface area contributed by atoms with Gasteiger partial charge in [0.1, 0.15) is 4.60 Å². The van der Waals surface area contributed by atoms with E-state index in [1.165, 1.54) is 0 Å². The van der Waals surface area contributed by atoms with Gasteiger partial charge in [-0.25, -0.2) is 4.98 Å².